The van der Waals surface area contributed by atoms with E-state index in [1.165, 1.54) is 26.4 Å². The number of fused-ring (bicyclic) bond motifs is 2. The van der Waals surface area contributed by atoms with Crippen molar-refractivity contribution in [1.29, 1.82) is 5.41 Å². The van der Waals surface area contributed by atoms with Crippen LogP contribution >= 0.6 is 11.3 Å². The number of amides is 1. The fourth-order valence-electron chi connectivity index (χ4n) is 2.97. The van der Waals surface area contributed by atoms with Crippen LogP contribution in [0.4, 0.5) is 5.13 Å². The molecule has 0 spiro atoms. The molecular formula is C18H17N7O3S. The van der Waals surface area contributed by atoms with Gasteiger partial charge in [-0.1, -0.05) is 17.4 Å². The van der Waals surface area contributed by atoms with Gasteiger partial charge in [-0.3, -0.25) is 24.7 Å². The second-order valence-corrected chi connectivity index (χ2v) is 7.40. The van der Waals surface area contributed by atoms with E-state index in [0.29, 0.717) is 28.0 Å². The van der Waals surface area contributed by atoms with Crippen LogP contribution in [-0.4, -0.2) is 43.8 Å². The molecule has 0 saturated heterocycles. The van der Waals surface area contributed by atoms with Crippen molar-refractivity contribution in [1.82, 2.24) is 24.1 Å². The maximum absolute atomic E-state index is 13.0. The molecule has 2 N–H and O–H groups in total. The molecule has 0 aliphatic heterocycles. The van der Waals surface area contributed by atoms with Gasteiger partial charge in [0.1, 0.15) is 21.8 Å². The Hall–Kier alpha value is -3.44. The summed E-state index contributed by atoms with van der Waals surface area (Å²) in [7, 11) is 1.54. The van der Waals surface area contributed by atoms with Crippen molar-refractivity contribution in [2.24, 2.45) is 0 Å². The highest BCUT2D eigenvalue weighted by molar-refractivity contribution is 7.15. The maximum atomic E-state index is 13.0. The number of hydrogen-bond acceptors (Lipinski definition) is 8. The third-order valence-corrected chi connectivity index (χ3v) is 5.08. The van der Waals surface area contributed by atoms with Crippen LogP contribution in [0.3, 0.4) is 0 Å². The number of aryl methyl sites for hydroxylation is 1. The van der Waals surface area contributed by atoms with Gasteiger partial charge in [0.25, 0.3) is 11.5 Å². The Morgan fingerprint density at radius 2 is 2.17 bits per heavy atom. The van der Waals surface area contributed by atoms with Gasteiger partial charge in [0.05, 0.1) is 17.6 Å². The Morgan fingerprint density at radius 3 is 2.90 bits per heavy atom. The van der Waals surface area contributed by atoms with Crippen molar-refractivity contribution in [2.45, 2.75) is 13.5 Å². The monoisotopic (exact) mass is 411 g/mol. The molecule has 0 aliphatic carbocycles. The molecule has 29 heavy (non-hydrogen) atoms. The smallest absolute Gasteiger partial charge is 0.267 e. The Morgan fingerprint density at radius 1 is 1.34 bits per heavy atom. The summed E-state index contributed by atoms with van der Waals surface area (Å²) in [6.45, 7) is 2.33. The lowest BCUT2D eigenvalue weighted by Gasteiger charge is -2.14. The number of rotatable bonds is 5. The van der Waals surface area contributed by atoms with Gasteiger partial charge in [-0.05, 0) is 25.1 Å². The summed E-state index contributed by atoms with van der Waals surface area (Å²) in [5, 5.41) is 20.2. The topological polar surface area (TPSA) is 127 Å². The number of nitrogens with zero attached hydrogens (tertiary/aromatic N) is 5. The predicted molar refractivity (Wildman–Crippen MR) is 107 cm³/mol. The summed E-state index contributed by atoms with van der Waals surface area (Å²) >= 11 is 1.22. The Balaban J connectivity index is 1.95. The van der Waals surface area contributed by atoms with Crippen LogP contribution in [0.5, 0.6) is 0 Å². The van der Waals surface area contributed by atoms with E-state index in [9.17, 15) is 9.59 Å². The molecule has 0 aromatic carbocycles. The highest BCUT2D eigenvalue weighted by atomic mass is 32.1. The third-order valence-electron chi connectivity index (χ3n) is 4.33. The summed E-state index contributed by atoms with van der Waals surface area (Å²) in [4.78, 5) is 30.4. The Bertz CT molecular complexity index is 1360. The van der Waals surface area contributed by atoms with Gasteiger partial charge >= 0.3 is 0 Å². The molecule has 0 aliphatic rings. The average molecular weight is 411 g/mol. The lowest BCUT2D eigenvalue weighted by molar-refractivity contribution is 0.102. The third kappa shape index (κ3) is 3.41. The highest BCUT2D eigenvalue weighted by Crippen LogP contribution is 2.15. The zero-order valence-corrected chi connectivity index (χ0v) is 16.5. The molecule has 4 aromatic heterocycles. The van der Waals surface area contributed by atoms with Crippen LogP contribution in [0.2, 0.25) is 0 Å². The number of anilines is 1. The zero-order valence-electron chi connectivity index (χ0n) is 15.7. The van der Waals surface area contributed by atoms with Crippen molar-refractivity contribution in [2.75, 3.05) is 19.0 Å². The van der Waals surface area contributed by atoms with Crippen molar-refractivity contribution >= 4 is 39.1 Å². The van der Waals surface area contributed by atoms with Crippen LogP contribution in [0.25, 0.3) is 16.7 Å². The minimum absolute atomic E-state index is 0.0382. The second kappa shape index (κ2) is 7.53. The molecule has 0 saturated carbocycles. The van der Waals surface area contributed by atoms with Crippen molar-refractivity contribution < 1.29 is 9.53 Å². The molecule has 4 aromatic rings. The molecule has 10 nitrogen and oxygen atoms in total. The number of nitrogens with one attached hydrogen (secondary N) is 2. The van der Waals surface area contributed by atoms with E-state index in [0.717, 1.165) is 0 Å². The first-order valence-electron chi connectivity index (χ1n) is 8.69. The first-order valence-corrected chi connectivity index (χ1v) is 9.51. The van der Waals surface area contributed by atoms with Crippen molar-refractivity contribution in [3.05, 3.63) is 56.9 Å². The first-order chi connectivity index (χ1) is 14.0. The minimum Gasteiger partial charge on any atom is -0.383 e. The van der Waals surface area contributed by atoms with Gasteiger partial charge in [0.15, 0.2) is 0 Å². The number of hydrogen-bond donors (Lipinski definition) is 2. The van der Waals surface area contributed by atoms with Gasteiger partial charge in [0, 0.05) is 19.9 Å². The summed E-state index contributed by atoms with van der Waals surface area (Å²) in [6, 6.07) is 6.62. The predicted octanol–water partition coefficient (Wildman–Crippen LogP) is 1.19. The van der Waals surface area contributed by atoms with E-state index >= 15 is 0 Å². The zero-order chi connectivity index (χ0) is 20.5. The number of carbonyl (C=O) groups is 1. The molecule has 11 heteroatoms. The van der Waals surface area contributed by atoms with Gasteiger partial charge in [-0.2, -0.15) is 0 Å². The molecule has 0 atom stereocenters. The van der Waals surface area contributed by atoms with Crippen LogP contribution in [0.15, 0.2) is 35.3 Å². The van der Waals surface area contributed by atoms with Gasteiger partial charge < -0.3 is 9.30 Å². The van der Waals surface area contributed by atoms with E-state index in [2.05, 4.69) is 20.5 Å². The first kappa shape index (κ1) is 18.9. The van der Waals surface area contributed by atoms with E-state index in [-0.39, 0.29) is 28.5 Å². The fourth-order valence-corrected chi connectivity index (χ4v) is 3.56. The van der Waals surface area contributed by atoms with E-state index in [4.69, 9.17) is 10.1 Å². The Kier molecular flexibility index (Phi) is 4.91. The number of carbonyl (C=O) groups excluding carboxylic acids is 1. The van der Waals surface area contributed by atoms with E-state index < -0.39 is 5.91 Å². The molecular weight excluding hydrogens is 394 g/mol. The van der Waals surface area contributed by atoms with Crippen LogP contribution < -0.4 is 16.4 Å². The summed E-state index contributed by atoms with van der Waals surface area (Å²) in [6.07, 6.45) is 1.61. The second-order valence-electron chi connectivity index (χ2n) is 6.21. The summed E-state index contributed by atoms with van der Waals surface area (Å²) in [5.41, 5.74) is 0.429. The van der Waals surface area contributed by atoms with Gasteiger partial charge in [0.2, 0.25) is 5.13 Å². The lowest BCUT2D eigenvalue weighted by Crippen LogP contribution is -2.33. The van der Waals surface area contributed by atoms with Crippen LogP contribution in [0, 0.1) is 12.3 Å². The minimum atomic E-state index is -0.545. The maximum Gasteiger partial charge on any atom is 0.267 e. The summed E-state index contributed by atoms with van der Waals surface area (Å²) < 4.78 is 8.05. The Labute approximate surface area is 167 Å². The quantitative estimate of drug-likeness (QED) is 0.475. The molecule has 4 heterocycles. The van der Waals surface area contributed by atoms with Crippen molar-refractivity contribution in [3.63, 3.8) is 0 Å². The largest absolute Gasteiger partial charge is 0.383 e. The SMILES string of the molecule is COCCn1c(=N)c(C(=O)Nc2nnc(C)s2)cc2c(=O)n3ccccc3nc21. The highest BCUT2D eigenvalue weighted by Gasteiger charge is 2.18. The number of aromatic nitrogens is 5. The van der Waals surface area contributed by atoms with E-state index in [1.54, 1.807) is 38.4 Å². The molecule has 0 radical (unpaired) electrons. The molecule has 4 rings (SSSR count). The standard InChI is InChI=1S/C18H17N7O3S/c1-10-22-23-18(29-10)21-16(26)11-9-12-15(25(14(11)19)7-8-28-2)20-13-5-3-4-6-24(13)17(12)27/h3-6,9,19H,7-8H2,1-2H3,(H,21,23,26). The number of ether oxygens (including phenoxy) is 1. The average Bonchev–Trinajstić information content (AvgIpc) is 3.12. The van der Waals surface area contributed by atoms with Crippen LogP contribution in [0.1, 0.15) is 15.4 Å². The van der Waals surface area contributed by atoms with Crippen molar-refractivity contribution in [3.8, 4) is 0 Å². The normalized spacial score (nSPS) is 11.2. The summed E-state index contributed by atoms with van der Waals surface area (Å²) in [5.74, 6) is -0.545. The number of methoxy groups -OCH3 is 1. The van der Waals surface area contributed by atoms with Gasteiger partial charge in [-0.15, -0.1) is 10.2 Å². The molecule has 148 valence electrons. The fraction of sp³-hybridized carbons (Fsp3) is 0.222. The van der Waals surface area contributed by atoms with Crippen LogP contribution in [-0.2, 0) is 11.3 Å². The molecule has 0 fully saturated rings. The number of pyridine rings is 2. The molecule has 0 bridgehead atoms. The lowest BCUT2D eigenvalue weighted by atomic mass is 10.2. The van der Waals surface area contributed by atoms with E-state index in [1.807, 2.05) is 0 Å². The van der Waals surface area contributed by atoms with Gasteiger partial charge in [-0.25, -0.2) is 4.98 Å². The molecule has 0 unspecified atom stereocenters. The molecule has 1 amide bonds.